The number of Topliss-reactive ketones (excluding diaryl/α,β-unsaturated/α-hetero) is 1. The SMILES string of the molecule is CCc1cc(C(=O)OC)c(CC(C)=O)o1. The van der Waals surface area contributed by atoms with Gasteiger partial charge in [-0.15, -0.1) is 0 Å². The second kappa shape index (κ2) is 4.77. The van der Waals surface area contributed by atoms with Gasteiger partial charge in [-0.3, -0.25) is 4.79 Å². The van der Waals surface area contributed by atoms with Crippen molar-refractivity contribution >= 4 is 11.8 Å². The van der Waals surface area contributed by atoms with Gasteiger partial charge in [0.15, 0.2) is 0 Å². The topological polar surface area (TPSA) is 56.5 Å². The van der Waals surface area contributed by atoms with E-state index in [-0.39, 0.29) is 12.2 Å². The van der Waals surface area contributed by atoms with E-state index in [4.69, 9.17) is 4.42 Å². The van der Waals surface area contributed by atoms with Crippen LogP contribution in [0.3, 0.4) is 0 Å². The first-order valence-corrected chi connectivity index (χ1v) is 4.77. The van der Waals surface area contributed by atoms with Crippen LogP contribution in [0, 0.1) is 0 Å². The lowest BCUT2D eigenvalue weighted by Crippen LogP contribution is -2.05. The van der Waals surface area contributed by atoms with Crippen molar-refractivity contribution in [2.24, 2.45) is 0 Å². The van der Waals surface area contributed by atoms with Gasteiger partial charge in [0.2, 0.25) is 0 Å². The van der Waals surface area contributed by atoms with Crippen molar-refractivity contribution in [1.82, 2.24) is 0 Å². The minimum Gasteiger partial charge on any atom is -0.465 e. The van der Waals surface area contributed by atoms with Gasteiger partial charge in [-0.05, 0) is 13.0 Å². The number of ketones is 1. The molecule has 1 heterocycles. The molecular formula is C11H14O4. The maximum atomic E-state index is 11.4. The van der Waals surface area contributed by atoms with E-state index < -0.39 is 5.97 Å². The Balaban J connectivity index is 3.05. The third-order valence-corrected chi connectivity index (χ3v) is 2.02. The molecule has 0 N–H and O–H groups in total. The molecule has 0 aliphatic carbocycles. The zero-order chi connectivity index (χ0) is 11.4. The Morgan fingerprint density at radius 2 is 2.13 bits per heavy atom. The maximum Gasteiger partial charge on any atom is 0.341 e. The van der Waals surface area contributed by atoms with E-state index in [0.29, 0.717) is 23.5 Å². The fourth-order valence-electron chi connectivity index (χ4n) is 1.30. The second-order valence-electron chi connectivity index (χ2n) is 3.27. The third kappa shape index (κ3) is 2.68. The van der Waals surface area contributed by atoms with Crippen molar-refractivity contribution in [3.05, 3.63) is 23.2 Å². The summed E-state index contributed by atoms with van der Waals surface area (Å²) in [4.78, 5) is 22.3. The summed E-state index contributed by atoms with van der Waals surface area (Å²) >= 11 is 0. The maximum absolute atomic E-state index is 11.4. The molecule has 1 aromatic heterocycles. The first-order chi connectivity index (χ1) is 7.08. The molecule has 0 spiro atoms. The molecule has 0 unspecified atom stereocenters. The number of methoxy groups -OCH3 is 1. The number of hydrogen-bond donors (Lipinski definition) is 0. The van der Waals surface area contributed by atoms with Crippen molar-refractivity contribution in [2.75, 3.05) is 7.11 Å². The van der Waals surface area contributed by atoms with Crippen LogP contribution >= 0.6 is 0 Å². The van der Waals surface area contributed by atoms with Crippen LogP contribution in [0.15, 0.2) is 10.5 Å². The molecular weight excluding hydrogens is 196 g/mol. The van der Waals surface area contributed by atoms with E-state index in [1.165, 1.54) is 14.0 Å². The lowest BCUT2D eigenvalue weighted by Gasteiger charge is -1.97. The highest BCUT2D eigenvalue weighted by Gasteiger charge is 2.18. The first-order valence-electron chi connectivity index (χ1n) is 4.77. The van der Waals surface area contributed by atoms with Gasteiger partial charge in [0, 0.05) is 6.42 Å². The molecule has 0 amide bonds. The van der Waals surface area contributed by atoms with Gasteiger partial charge >= 0.3 is 5.97 Å². The zero-order valence-corrected chi connectivity index (χ0v) is 9.12. The van der Waals surface area contributed by atoms with Crippen LogP contribution in [0.25, 0.3) is 0 Å². The molecule has 0 fully saturated rings. The summed E-state index contributed by atoms with van der Waals surface area (Å²) in [7, 11) is 1.30. The van der Waals surface area contributed by atoms with Crippen LogP contribution in [0.2, 0.25) is 0 Å². The molecule has 1 rings (SSSR count). The van der Waals surface area contributed by atoms with Crippen LogP contribution in [-0.4, -0.2) is 18.9 Å². The molecule has 15 heavy (non-hydrogen) atoms. The van der Waals surface area contributed by atoms with Gasteiger partial charge in [0.05, 0.1) is 13.5 Å². The number of carbonyl (C=O) groups excluding carboxylic acids is 2. The van der Waals surface area contributed by atoms with Gasteiger partial charge in [-0.2, -0.15) is 0 Å². The highest BCUT2D eigenvalue weighted by atomic mass is 16.5. The van der Waals surface area contributed by atoms with E-state index in [1.807, 2.05) is 6.92 Å². The molecule has 0 aromatic carbocycles. The van der Waals surface area contributed by atoms with Crippen LogP contribution in [-0.2, 0) is 22.4 Å². The van der Waals surface area contributed by atoms with Crippen LogP contribution < -0.4 is 0 Å². The molecule has 0 saturated carbocycles. The minimum absolute atomic E-state index is 0.0443. The first kappa shape index (κ1) is 11.5. The van der Waals surface area contributed by atoms with Crippen molar-refractivity contribution in [3.8, 4) is 0 Å². The number of hydrogen-bond acceptors (Lipinski definition) is 4. The molecule has 82 valence electrons. The van der Waals surface area contributed by atoms with Crippen LogP contribution in [0.4, 0.5) is 0 Å². The monoisotopic (exact) mass is 210 g/mol. The van der Waals surface area contributed by atoms with Gasteiger partial charge < -0.3 is 9.15 Å². The Bertz CT molecular complexity index is 376. The molecule has 0 saturated heterocycles. The molecule has 0 radical (unpaired) electrons. The normalized spacial score (nSPS) is 10.1. The summed E-state index contributed by atoms with van der Waals surface area (Å²) < 4.78 is 9.98. The molecule has 0 aliphatic rings. The summed E-state index contributed by atoms with van der Waals surface area (Å²) in [6.45, 7) is 3.37. The average Bonchev–Trinajstić information content (AvgIpc) is 2.59. The molecule has 0 bridgehead atoms. The van der Waals surface area contributed by atoms with Gasteiger partial charge in [-0.1, -0.05) is 6.92 Å². The van der Waals surface area contributed by atoms with Gasteiger partial charge in [0.1, 0.15) is 22.9 Å². The molecule has 4 nitrogen and oxygen atoms in total. The van der Waals surface area contributed by atoms with Crippen molar-refractivity contribution in [3.63, 3.8) is 0 Å². The highest BCUT2D eigenvalue weighted by molar-refractivity contribution is 5.92. The van der Waals surface area contributed by atoms with Crippen molar-refractivity contribution in [1.29, 1.82) is 0 Å². The predicted molar refractivity (Wildman–Crippen MR) is 53.8 cm³/mol. The average molecular weight is 210 g/mol. The third-order valence-electron chi connectivity index (χ3n) is 2.02. The minimum atomic E-state index is -0.463. The standard InChI is InChI=1S/C11H14O4/c1-4-8-6-9(11(13)14-3)10(15-8)5-7(2)12/h6H,4-5H2,1-3H3. The van der Waals surface area contributed by atoms with E-state index in [1.54, 1.807) is 6.07 Å². The number of ether oxygens (including phenoxy) is 1. The largest absolute Gasteiger partial charge is 0.465 e. The van der Waals surface area contributed by atoms with E-state index in [0.717, 1.165) is 0 Å². The lowest BCUT2D eigenvalue weighted by atomic mass is 10.1. The number of carbonyl (C=O) groups is 2. The Kier molecular flexibility index (Phi) is 3.66. The summed E-state index contributed by atoms with van der Waals surface area (Å²) in [5.41, 5.74) is 0.351. The molecule has 1 aromatic rings. The highest BCUT2D eigenvalue weighted by Crippen LogP contribution is 2.18. The summed E-state index contributed by atoms with van der Waals surface area (Å²) in [5.74, 6) is 0.574. The number of esters is 1. The fraction of sp³-hybridized carbons (Fsp3) is 0.455. The molecule has 0 aliphatic heterocycles. The smallest absolute Gasteiger partial charge is 0.341 e. The van der Waals surface area contributed by atoms with Gasteiger partial charge in [-0.25, -0.2) is 4.79 Å². The van der Waals surface area contributed by atoms with Crippen molar-refractivity contribution in [2.45, 2.75) is 26.7 Å². The Hall–Kier alpha value is -1.58. The van der Waals surface area contributed by atoms with Crippen LogP contribution in [0.1, 0.15) is 35.7 Å². The van der Waals surface area contributed by atoms with E-state index in [9.17, 15) is 9.59 Å². The summed E-state index contributed by atoms with van der Waals surface area (Å²) in [6, 6.07) is 1.63. The quantitative estimate of drug-likeness (QED) is 0.710. The number of furan rings is 1. The fourth-order valence-corrected chi connectivity index (χ4v) is 1.30. The Labute approximate surface area is 88.2 Å². The predicted octanol–water partition coefficient (Wildman–Crippen LogP) is 1.76. The van der Waals surface area contributed by atoms with Crippen LogP contribution in [0.5, 0.6) is 0 Å². The number of aryl methyl sites for hydroxylation is 1. The summed E-state index contributed by atoms with van der Waals surface area (Å²) in [6.07, 6.45) is 0.812. The van der Waals surface area contributed by atoms with Gasteiger partial charge in [0.25, 0.3) is 0 Å². The zero-order valence-electron chi connectivity index (χ0n) is 9.12. The Morgan fingerprint density at radius 3 is 2.60 bits per heavy atom. The van der Waals surface area contributed by atoms with E-state index in [2.05, 4.69) is 4.74 Å². The molecule has 4 heteroatoms. The Morgan fingerprint density at radius 1 is 1.47 bits per heavy atom. The lowest BCUT2D eigenvalue weighted by molar-refractivity contribution is -0.116. The van der Waals surface area contributed by atoms with E-state index >= 15 is 0 Å². The van der Waals surface area contributed by atoms with Crippen molar-refractivity contribution < 1.29 is 18.7 Å². The number of rotatable bonds is 4. The second-order valence-corrected chi connectivity index (χ2v) is 3.27. The molecule has 0 atom stereocenters. The summed E-state index contributed by atoms with van der Waals surface area (Å²) in [5, 5.41) is 0.